The first-order valence-electron chi connectivity index (χ1n) is 4.69. The van der Waals surface area contributed by atoms with Crippen molar-refractivity contribution in [2.45, 2.75) is 19.3 Å². The zero-order valence-electron chi connectivity index (χ0n) is 7.76. The second kappa shape index (κ2) is 3.84. The predicted molar refractivity (Wildman–Crippen MR) is 61.6 cm³/mol. The standard InChI is InChI=1S/C11H12BrClO/c12-9-3-8(4-10(13)5-9)6-11(7-14)1-2-11/h3-5,14H,1-2,6-7H2. The fourth-order valence-electron chi connectivity index (χ4n) is 1.71. The van der Waals surface area contributed by atoms with Crippen LogP contribution in [0.3, 0.4) is 0 Å². The van der Waals surface area contributed by atoms with E-state index in [1.165, 1.54) is 5.56 Å². The second-order valence-corrected chi connectivity index (χ2v) is 5.46. The van der Waals surface area contributed by atoms with Gasteiger partial charge in [0.2, 0.25) is 0 Å². The highest BCUT2D eigenvalue weighted by Gasteiger charge is 2.41. The van der Waals surface area contributed by atoms with Crippen LogP contribution in [0.2, 0.25) is 5.02 Å². The third-order valence-electron chi connectivity index (χ3n) is 2.79. The number of benzene rings is 1. The Labute approximate surface area is 97.2 Å². The van der Waals surface area contributed by atoms with E-state index in [1.807, 2.05) is 12.1 Å². The van der Waals surface area contributed by atoms with Crippen molar-refractivity contribution in [3.05, 3.63) is 33.3 Å². The molecule has 0 saturated heterocycles. The summed E-state index contributed by atoms with van der Waals surface area (Å²) >= 11 is 9.37. The van der Waals surface area contributed by atoms with E-state index >= 15 is 0 Å². The van der Waals surface area contributed by atoms with E-state index < -0.39 is 0 Å². The number of aliphatic hydroxyl groups excluding tert-OH is 1. The third kappa shape index (κ3) is 2.30. The molecule has 76 valence electrons. The molecule has 0 aromatic heterocycles. The van der Waals surface area contributed by atoms with Crippen LogP contribution >= 0.6 is 27.5 Å². The molecular weight excluding hydrogens is 263 g/mol. The zero-order valence-corrected chi connectivity index (χ0v) is 10.1. The Morgan fingerprint density at radius 1 is 1.36 bits per heavy atom. The predicted octanol–water partition coefficient (Wildman–Crippen LogP) is 3.42. The molecule has 0 bridgehead atoms. The summed E-state index contributed by atoms with van der Waals surface area (Å²) in [5, 5.41) is 9.96. The molecule has 2 rings (SSSR count). The van der Waals surface area contributed by atoms with E-state index in [2.05, 4.69) is 22.0 Å². The monoisotopic (exact) mass is 274 g/mol. The molecule has 0 unspecified atom stereocenters. The molecule has 1 N–H and O–H groups in total. The van der Waals surface area contributed by atoms with Gasteiger partial charge in [-0.3, -0.25) is 0 Å². The van der Waals surface area contributed by atoms with Gasteiger partial charge in [-0.15, -0.1) is 0 Å². The van der Waals surface area contributed by atoms with Crippen molar-refractivity contribution in [1.29, 1.82) is 0 Å². The molecule has 0 radical (unpaired) electrons. The van der Waals surface area contributed by atoms with Crippen LogP contribution in [0.4, 0.5) is 0 Å². The Kier molecular flexibility index (Phi) is 2.87. The summed E-state index contributed by atoms with van der Waals surface area (Å²) in [6.07, 6.45) is 3.20. The summed E-state index contributed by atoms with van der Waals surface area (Å²) in [6.45, 7) is 0.289. The smallest absolute Gasteiger partial charge is 0.0490 e. The fourth-order valence-corrected chi connectivity index (χ4v) is 2.64. The number of hydrogen-bond donors (Lipinski definition) is 1. The highest BCUT2D eigenvalue weighted by Crippen LogP contribution is 2.48. The molecule has 0 amide bonds. The summed E-state index contributed by atoms with van der Waals surface area (Å²) in [4.78, 5) is 0. The number of rotatable bonds is 3. The third-order valence-corrected chi connectivity index (χ3v) is 3.47. The molecule has 0 heterocycles. The fraction of sp³-hybridized carbons (Fsp3) is 0.455. The molecule has 1 aromatic rings. The SMILES string of the molecule is OCC1(Cc2cc(Cl)cc(Br)c2)CC1. The lowest BCUT2D eigenvalue weighted by molar-refractivity contribution is 0.211. The van der Waals surface area contributed by atoms with Crippen LogP contribution < -0.4 is 0 Å². The molecule has 1 aromatic carbocycles. The van der Waals surface area contributed by atoms with Gasteiger partial charge in [0.15, 0.2) is 0 Å². The average molecular weight is 276 g/mol. The van der Waals surface area contributed by atoms with Crippen molar-refractivity contribution in [2.24, 2.45) is 5.41 Å². The van der Waals surface area contributed by atoms with Gasteiger partial charge in [-0.25, -0.2) is 0 Å². The molecule has 1 fully saturated rings. The van der Waals surface area contributed by atoms with Crippen LogP contribution in [-0.4, -0.2) is 11.7 Å². The van der Waals surface area contributed by atoms with Crippen LogP contribution in [-0.2, 0) is 6.42 Å². The molecule has 14 heavy (non-hydrogen) atoms. The quantitative estimate of drug-likeness (QED) is 0.896. The molecular formula is C11H12BrClO. The first-order chi connectivity index (χ1) is 6.63. The van der Waals surface area contributed by atoms with Crippen LogP contribution in [0.5, 0.6) is 0 Å². The van der Waals surface area contributed by atoms with E-state index in [-0.39, 0.29) is 12.0 Å². The van der Waals surface area contributed by atoms with E-state index in [4.69, 9.17) is 11.6 Å². The van der Waals surface area contributed by atoms with Gasteiger partial charge in [0.25, 0.3) is 0 Å². The van der Waals surface area contributed by atoms with Gasteiger partial charge in [0.05, 0.1) is 0 Å². The van der Waals surface area contributed by atoms with Crippen molar-refractivity contribution >= 4 is 27.5 Å². The van der Waals surface area contributed by atoms with E-state index in [0.29, 0.717) is 0 Å². The first kappa shape index (κ1) is 10.5. The second-order valence-electron chi connectivity index (χ2n) is 4.11. The van der Waals surface area contributed by atoms with Gasteiger partial charge in [-0.1, -0.05) is 27.5 Å². The van der Waals surface area contributed by atoms with Gasteiger partial charge in [0.1, 0.15) is 0 Å². The molecule has 1 aliphatic rings. The lowest BCUT2D eigenvalue weighted by Crippen LogP contribution is -2.09. The van der Waals surface area contributed by atoms with E-state index in [0.717, 1.165) is 28.8 Å². The maximum atomic E-state index is 9.21. The highest BCUT2D eigenvalue weighted by atomic mass is 79.9. The minimum absolute atomic E-state index is 0.157. The summed E-state index contributed by atoms with van der Waals surface area (Å²) in [5.74, 6) is 0. The average Bonchev–Trinajstić information content (AvgIpc) is 2.83. The lowest BCUT2D eigenvalue weighted by Gasteiger charge is -2.11. The van der Waals surface area contributed by atoms with Crippen molar-refractivity contribution in [3.63, 3.8) is 0 Å². The van der Waals surface area contributed by atoms with Crippen molar-refractivity contribution < 1.29 is 5.11 Å². The number of aliphatic hydroxyl groups is 1. The van der Waals surface area contributed by atoms with Gasteiger partial charge in [-0.2, -0.15) is 0 Å². The molecule has 1 saturated carbocycles. The summed E-state index contributed by atoms with van der Waals surface area (Å²) in [7, 11) is 0. The molecule has 0 atom stereocenters. The Balaban J connectivity index is 2.16. The number of hydrogen-bond acceptors (Lipinski definition) is 1. The Morgan fingerprint density at radius 2 is 2.07 bits per heavy atom. The van der Waals surface area contributed by atoms with Crippen LogP contribution in [0.1, 0.15) is 18.4 Å². The van der Waals surface area contributed by atoms with Gasteiger partial charge >= 0.3 is 0 Å². The van der Waals surface area contributed by atoms with Crippen LogP contribution in [0.15, 0.2) is 22.7 Å². The van der Waals surface area contributed by atoms with Crippen molar-refractivity contribution in [3.8, 4) is 0 Å². The zero-order chi connectivity index (χ0) is 10.2. The van der Waals surface area contributed by atoms with Gasteiger partial charge in [0, 0.05) is 16.1 Å². The van der Waals surface area contributed by atoms with Crippen molar-refractivity contribution in [2.75, 3.05) is 6.61 Å². The number of halogens is 2. The summed E-state index contributed by atoms with van der Waals surface area (Å²) in [6, 6.07) is 5.92. The lowest BCUT2D eigenvalue weighted by atomic mass is 9.98. The molecule has 0 spiro atoms. The van der Waals surface area contributed by atoms with E-state index in [9.17, 15) is 5.11 Å². The maximum absolute atomic E-state index is 9.21. The van der Waals surface area contributed by atoms with Crippen LogP contribution in [0, 0.1) is 5.41 Å². The first-order valence-corrected chi connectivity index (χ1v) is 5.86. The summed E-state index contributed by atoms with van der Waals surface area (Å²) in [5.41, 5.74) is 1.36. The molecule has 1 aliphatic carbocycles. The highest BCUT2D eigenvalue weighted by molar-refractivity contribution is 9.10. The van der Waals surface area contributed by atoms with Crippen LogP contribution in [0.25, 0.3) is 0 Å². The van der Waals surface area contributed by atoms with E-state index in [1.54, 1.807) is 0 Å². The Hall–Kier alpha value is -0.0500. The van der Waals surface area contributed by atoms with Crippen molar-refractivity contribution in [1.82, 2.24) is 0 Å². The molecule has 1 nitrogen and oxygen atoms in total. The van der Waals surface area contributed by atoms with Gasteiger partial charge < -0.3 is 5.11 Å². The largest absolute Gasteiger partial charge is 0.396 e. The minimum atomic E-state index is 0.157. The summed E-state index contributed by atoms with van der Waals surface area (Å²) < 4.78 is 1.01. The maximum Gasteiger partial charge on any atom is 0.0490 e. The normalized spacial score (nSPS) is 18.2. The Morgan fingerprint density at radius 3 is 2.57 bits per heavy atom. The topological polar surface area (TPSA) is 20.2 Å². The Bertz CT molecular complexity index is 327. The minimum Gasteiger partial charge on any atom is -0.396 e. The molecule has 3 heteroatoms. The van der Waals surface area contributed by atoms with Gasteiger partial charge in [-0.05, 0) is 48.4 Å². The molecule has 0 aliphatic heterocycles.